The van der Waals surface area contributed by atoms with Crippen LogP contribution in [0.5, 0.6) is 0 Å². The SMILES string of the molecule is CC(C)CC(=O)N1Cc2ccccc2CC1C(=O)NCCC(C)N.Cl. The average molecular weight is 368 g/mol. The van der Waals surface area contributed by atoms with Gasteiger partial charge < -0.3 is 16.0 Å². The highest BCUT2D eigenvalue weighted by Gasteiger charge is 2.34. The highest BCUT2D eigenvalue weighted by atomic mass is 35.5. The fourth-order valence-electron chi connectivity index (χ4n) is 3.03. The van der Waals surface area contributed by atoms with Gasteiger partial charge in [0.15, 0.2) is 0 Å². The van der Waals surface area contributed by atoms with Crippen LogP contribution in [0.3, 0.4) is 0 Å². The second kappa shape index (κ2) is 9.78. The number of hydrogen-bond donors (Lipinski definition) is 2. The molecule has 0 radical (unpaired) electrons. The number of halogens is 1. The first-order valence-electron chi connectivity index (χ1n) is 8.78. The Kier molecular flexibility index (Phi) is 8.39. The van der Waals surface area contributed by atoms with Crippen molar-refractivity contribution in [2.75, 3.05) is 6.54 Å². The largest absolute Gasteiger partial charge is 0.354 e. The maximum Gasteiger partial charge on any atom is 0.243 e. The molecule has 0 aromatic heterocycles. The number of rotatable bonds is 6. The molecule has 2 rings (SSSR count). The Labute approximate surface area is 156 Å². The second-order valence-corrected chi connectivity index (χ2v) is 7.17. The quantitative estimate of drug-likeness (QED) is 0.809. The maximum atomic E-state index is 12.6. The van der Waals surface area contributed by atoms with Gasteiger partial charge in [-0.25, -0.2) is 0 Å². The highest BCUT2D eigenvalue weighted by Crippen LogP contribution is 2.25. The van der Waals surface area contributed by atoms with Gasteiger partial charge in [0.05, 0.1) is 0 Å². The third kappa shape index (κ3) is 6.01. The number of carbonyl (C=O) groups is 2. The van der Waals surface area contributed by atoms with E-state index in [4.69, 9.17) is 5.73 Å². The van der Waals surface area contributed by atoms with Gasteiger partial charge in [-0.15, -0.1) is 12.4 Å². The smallest absolute Gasteiger partial charge is 0.243 e. The third-order valence-electron chi connectivity index (χ3n) is 4.35. The van der Waals surface area contributed by atoms with E-state index in [1.165, 1.54) is 0 Å². The van der Waals surface area contributed by atoms with Crippen LogP contribution in [-0.2, 0) is 22.6 Å². The molecule has 5 nitrogen and oxygen atoms in total. The van der Waals surface area contributed by atoms with Crippen LogP contribution in [0.1, 0.15) is 44.7 Å². The van der Waals surface area contributed by atoms with Crippen molar-refractivity contribution in [3.05, 3.63) is 35.4 Å². The molecule has 0 bridgehead atoms. The van der Waals surface area contributed by atoms with E-state index in [-0.39, 0.29) is 36.2 Å². The van der Waals surface area contributed by atoms with Crippen molar-refractivity contribution in [1.29, 1.82) is 0 Å². The van der Waals surface area contributed by atoms with Crippen molar-refractivity contribution in [2.45, 2.75) is 58.7 Å². The zero-order valence-corrected chi connectivity index (χ0v) is 16.1. The standard InChI is InChI=1S/C19H29N3O2.ClH/c1-13(2)10-18(23)22-12-16-7-5-4-6-15(16)11-17(22)19(24)21-9-8-14(3)20;/h4-7,13-14,17H,8-12,20H2,1-3H3,(H,21,24);1H. The molecule has 6 heteroatoms. The van der Waals surface area contributed by atoms with Gasteiger partial charge in [-0.2, -0.15) is 0 Å². The van der Waals surface area contributed by atoms with Crippen LogP contribution in [0.2, 0.25) is 0 Å². The van der Waals surface area contributed by atoms with E-state index in [0.717, 1.165) is 17.5 Å². The molecule has 2 atom stereocenters. The molecule has 0 fully saturated rings. The van der Waals surface area contributed by atoms with Crippen LogP contribution >= 0.6 is 12.4 Å². The minimum absolute atomic E-state index is 0. The number of nitrogens with zero attached hydrogens (tertiary/aromatic N) is 1. The van der Waals surface area contributed by atoms with Gasteiger partial charge in [0.2, 0.25) is 11.8 Å². The lowest BCUT2D eigenvalue weighted by molar-refractivity contribution is -0.142. The van der Waals surface area contributed by atoms with Crippen LogP contribution in [0.15, 0.2) is 24.3 Å². The van der Waals surface area contributed by atoms with Crippen molar-refractivity contribution in [1.82, 2.24) is 10.2 Å². The molecule has 2 amide bonds. The molecular formula is C19H30ClN3O2. The Balaban J connectivity index is 0.00000312. The Morgan fingerprint density at radius 2 is 1.88 bits per heavy atom. The van der Waals surface area contributed by atoms with Gasteiger partial charge in [-0.3, -0.25) is 9.59 Å². The summed E-state index contributed by atoms with van der Waals surface area (Å²) in [5.41, 5.74) is 8.02. The Bertz CT molecular complexity index is 590. The first-order chi connectivity index (χ1) is 11.4. The second-order valence-electron chi connectivity index (χ2n) is 7.17. The van der Waals surface area contributed by atoms with Crippen LogP contribution < -0.4 is 11.1 Å². The number of fused-ring (bicyclic) bond motifs is 1. The molecule has 0 saturated heterocycles. The molecule has 0 spiro atoms. The van der Waals surface area contributed by atoms with Gasteiger partial charge in [-0.1, -0.05) is 38.1 Å². The molecule has 25 heavy (non-hydrogen) atoms. The number of nitrogens with two attached hydrogens (primary N) is 1. The minimum Gasteiger partial charge on any atom is -0.354 e. The molecule has 0 aliphatic carbocycles. The number of benzene rings is 1. The molecule has 0 saturated carbocycles. The summed E-state index contributed by atoms with van der Waals surface area (Å²) >= 11 is 0. The van der Waals surface area contributed by atoms with E-state index < -0.39 is 6.04 Å². The Morgan fingerprint density at radius 1 is 1.24 bits per heavy atom. The summed E-state index contributed by atoms with van der Waals surface area (Å²) in [5, 5.41) is 2.94. The predicted molar refractivity (Wildman–Crippen MR) is 102 cm³/mol. The fourth-order valence-corrected chi connectivity index (χ4v) is 3.03. The van der Waals surface area contributed by atoms with Gasteiger partial charge >= 0.3 is 0 Å². The Morgan fingerprint density at radius 3 is 2.48 bits per heavy atom. The molecule has 1 aromatic rings. The zero-order chi connectivity index (χ0) is 17.7. The van der Waals surface area contributed by atoms with Crippen molar-refractivity contribution in [2.24, 2.45) is 11.7 Å². The number of hydrogen-bond acceptors (Lipinski definition) is 3. The number of amides is 2. The molecule has 1 aliphatic heterocycles. The lowest BCUT2D eigenvalue weighted by Gasteiger charge is -2.36. The van der Waals surface area contributed by atoms with E-state index in [2.05, 4.69) is 5.32 Å². The van der Waals surface area contributed by atoms with Gasteiger partial charge in [0.1, 0.15) is 6.04 Å². The molecule has 1 aromatic carbocycles. The first-order valence-corrected chi connectivity index (χ1v) is 8.78. The van der Waals surface area contributed by atoms with E-state index in [9.17, 15) is 9.59 Å². The van der Waals surface area contributed by atoms with Crippen molar-refractivity contribution in [3.63, 3.8) is 0 Å². The summed E-state index contributed by atoms with van der Waals surface area (Å²) in [6, 6.07) is 7.66. The van der Waals surface area contributed by atoms with Gasteiger partial charge in [0.25, 0.3) is 0 Å². The summed E-state index contributed by atoms with van der Waals surface area (Å²) in [6.45, 7) is 7.01. The van der Waals surface area contributed by atoms with Crippen molar-refractivity contribution < 1.29 is 9.59 Å². The summed E-state index contributed by atoms with van der Waals surface area (Å²) in [5.74, 6) is 0.241. The molecular weight excluding hydrogens is 338 g/mol. The van der Waals surface area contributed by atoms with Crippen LogP contribution in [0.25, 0.3) is 0 Å². The lowest BCUT2D eigenvalue weighted by Crippen LogP contribution is -2.53. The van der Waals surface area contributed by atoms with E-state index in [0.29, 0.717) is 25.9 Å². The highest BCUT2D eigenvalue weighted by molar-refractivity contribution is 5.88. The monoisotopic (exact) mass is 367 g/mol. The van der Waals surface area contributed by atoms with E-state index >= 15 is 0 Å². The topological polar surface area (TPSA) is 75.4 Å². The molecule has 1 aliphatic rings. The van der Waals surface area contributed by atoms with E-state index in [1.807, 2.05) is 45.0 Å². The maximum absolute atomic E-state index is 12.6. The molecule has 2 unspecified atom stereocenters. The summed E-state index contributed by atoms with van der Waals surface area (Å²) < 4.78 is 0. The first kappa shape index (κ1) is 21.5. The van der Waals surface area contributed by atoms with Gasteiger partial charge in [0, 0.05) is 32.0 Å². The third-order valence-corrected chi connectivity index (χ3v) is 4.35. The molecule has 1 heterocycles. The van der Waals surface area contributed by atoms with Crippen LogP contribution in [0.4, 0.5) is 0 Å². The zero-order valence-electron chi connectivity index (χ0n) is 15.3. The van der Waals surface area contributed by atoms with Crippen molar-refractivity contribution >= 4 is 24.2 Å². The summed E-state index contributed by atoms with van der Waals surface area (Å²) in [4.78, 5) is 27.0. The summed E-state index contributed by atoms with van der Waals surface area (Å²) in [6.07, 6.45) is 1.77. The molecule has 140 valence electrons. The van der Waals surface area contributed by atoms with Crippen molar-refractivity contribution in [3.8, 4) is 0 Å². The fraction of sp³-hybridized carbons (Fsp3) is 0.579. The lowest BCUT2D eigenvalue weighted by atomic mass is 9.92. The predicted octanol–water partition coefficient (Wildman–Crippen LogP) is 2.26. The van der Waals surface area contributed by atoms with Gasteiger partial charge in [-0.05, 0) is 30.4 Å². The Hall–Kier alpha value is -1.59. The van der Waals surface area contributed by atoms with E-state index in [1.54, 1.807) is 4.90 Å². The normalized spacial score (nSPS) is 17.5. The summed E-state index contributed by atoms with van der Waals surface area (Å²) in [7, 11) is 0. The molecule has 3 N–H and O–H groups in total. The average Bonchev–Trinajstić information content (AvgIpc) is 2.52. The number of carbonyl (C=O) groups excluding carboxylic acids is 2. The van der Waals surface area contributed by atoms with Crippen LogP contribution in [0, 0.1) is 5.92 Å². The van der Waals surface area contributed by atoms with Crippen LogP contribution in [-0.4, -0.2) is 35.3 Å². The number of nitrogens with one attached hydrogen (secondary N) is 1. The minimum atomic E-state index is -0.431.